The molecule has 0 atom stereocenters. The second kappa shape index (κ2) is 7.22. The number of nitrogens with one attached hydrogen (secondary N) is 2. The number of amides is 1. The predicted molar refractivity (Wildman–Crippen MR) is 68.3 cm³/mol. The van der Waals surface area contributed by atoms with Crippen molar-refractivity contribution in [3.63, 3.8) is 0 Å². The fourth-order valence-electron chi connectivity index (χ4n) is 1.16. The van der Waals surface area contributed by atoms with Crippen molar-refractivity contribution in [1.82, 2.24) is 10.3 Å². The van der Waals surface area contributed by atoms with E-state index >= 15 is 0 Å². The summed E-state index contributed by atoms with van der Waals surface area (Å²) in [5.74, 6) is 0.849. The third kappa shape index (κ3) is 5.11. The van der Waals surface area contributed by atoms with Crippen LogP contribution in [0.1, 0.15) is 19.8 Å². The number of pyridine rings is 1. The quantitative estimate of drug-likeness (QED) is 0.788. The standard InChI is InChI=1S/C11H16BrN3O/c1-2-7-14-11(16)6-8-13-10-5-3-4-9(12)15-10/h3-5H,2,6-8H2,1H3,(H,13,15)(H,14,16). The van der Waals surface area contributed by atoms with Crippen molar-refractivity contribution in [2.75, 3.05) is 18.4 Å². The van der Waals surface area contributed by atoms with Gasteiger partial charge in [-0.3, -0.25) is 4.79 Å². The van der Waals surface area contributed by atoms with Crippen LogP contribution in [0.2, 0.25) is 0 Å². The van der Waals surface area contributed by atoms with E-state index in [9.17, 15) is 4.79 Å². The molecule has 0 spiro atoms. The molecule has 0 fully saturated rings. The van der Waals surface area contributed by atoms with Gasteiger partial charge in [0.15, 0.2) is 0 Å². The second-order valence-electron chi connectivity index (χ2n) is 3.37. The number of nitrogens with zero attached hydrogens (tertiary/aromatic N) is 1. The summed E-state index contributed by atoms with van der Waals surface area (Å²) < 4.78 is 0.785. The maximum atomic E-state index is 11.3. The van der Waals surface area contributed by atoms with Gasteiger partial charge in [-0.15, -0.1) is 0 Å². The van der Waals surface area contributed by atoms with Crippen molar-refractivity contribution >= 4 is 27.7 Å². The van der Waals surface area contributed by atoms with E-state index in [1.807, 2.05) is 25.1 Å². The Bertz CT molecular complexity index is 344. The highest BCUT2D eigenvalue weighted by Gasteiger charge is 2.00. The third-order valence-electron chi connectivity index (χ3n) is 1.95. The fourth-order valence-corrected chi connectivity index (χ4v) is 1.51. The zero-order chi connectivity index (χ0) is 11.8. The van der Waals surface area contributed by atoms with Crippen molar-refractivity contribution in [2.24, 2.45) is 0 Å². The Labute approximate surface area is 104 Å². The van der Waals surface area contributed by atoms with Crippen molar-refractivity contribution in [3.05, 3.63) is 22.8 Å². The van der Waals surface area contributed by atoms with E-state index in [1.54, 1.807) is 0 Å². The van der Waals surface area contributed by atoms with Gasteiger partial charge in [-0.25, -0.2) is 4.98 Å². The molecule has 0 aliphatic rings. The van der Waals surface area contributed by atoms with Gasteiger partial charge in [-0.05, 0) is 34.5 Å². The van der Waals surface area contributed by atoms with Crippen molar-refractivity contribution in [3.8, 4) is 0 Å². The van der Waals surface area contributed by atoms with Crippen LogP contribution in [0.5, 0.6) is 0 Å². The minimum Gasteiger partial charge on any atom is -0.370 e. The largest absolute Gasteiger partial charge is 0.370 e. The van der Waals surface area contributed by atoms with Gasteiger partial charge in [-0.2, -0.15) is 0 Å². The SMILES string of the molecule is CCCNC(=O)CCNc1cccc(Br)n1. The molecule has 0 bridgehead atoms. The third-order valence-corrected chi connectivity index (χ3v) is 2.39. The first kappa shape index (κ1) is 13.0. The van der Waals surface area contributed by atoms with E-state index < -0.39 is 0 Å². The van der Waals surface area contributed by atoms with Crippen LogP contribution < -0.4 is 10.6 Å². The molecule has 1 aromatic rings. The summed E-state index contributed by atoms with van der Waals surface area (Å²) in [4.78, 5) is 15.5. The molecule has 88 valence electrons. The van der Waals surface area contributed by atoms with Crippen molar-refractivity contribution in [1.29, 1.82) is 0 Å². The Morgan fingerprint density at radius 3 is 2.94 bits per heavy atom. The number of anilines is 1. The average molecular weight is 286 g/mol. The molecule has 1 amide bonds. The molecule has 5 heteroatoms. The van der Waals surface area contributed by atoms with Gasteiger partial charge in [-0.1, -0.05) is 13.0 Å². The van der Waals surface area contributed by atoms with Crippen LogP contribution in [-0.2, 0) is 4.79 Å². The van der Waals surface area contributed by atoms with Gasteiger partial charge in [0.25, 0.3) is 0 Å². The number of carbonyl (C=O) groups excluding carboxylic acids is 1. The summed E-state index contributed by atoms with van der Waals surface area (Å²) in [6.07, 6.45) is 1.43. The molecule has 0 aliphatic heterocycles. The van der Waals surface area contributed by atoms with Gasteiger partial charge >= 0.3 is 0 Å². The van der Waals surface area contributed by atoms with Crippen molar-refractivity contribution in [2.45, 2.75) is 19.8 Å². The summed E-state index contributed by atoms with van der Waals surface area (Å²) in [5.41, 5.74) is 0. The van der Waals surface area contributed by atoms with Gasteiger partial charge in [0.05, 0.1) is 0 Å². The fraction of sp³-hybridized carbons (Fsp3) is 0.455. The normalized spacial score (nSPS) is 9.88. The molecular formula is C11H16BrN3O. The Hall–Kier alpha value is -1.10. The maximum absolute atomic E-state index is 11.3. The maximum Gasteiger partial charge on any atom is 0.221 e. The monoisotopic (exact) mass is 285 g/mol. The van der Waals surface area contributed by atoms with E-state index in [1.165, 1.54) is 0 Å². The molecule has 0 radical (unpaired) electrons. The lowest BCUT2D eigenvalue weighted by atomic mass is 10.3. The molecule has 0 aromatic carbocycles. The van der Waals surface area contributed by atoms with E-state index in [4.69, 9.17) is 0 Å². The number of aromatic nitrogens is 1. The Balaban J connectivity index is 2.22. The molecule has 1 rings (SSSR count). The van der Waals surface area contributed by atoms with Crippen LogP contribution in [0, 0.1) is 0 Å². The van der Waals surface area contributed by atoms with E-state index in [2.05, 4.69) is 31.5 Å². The van der Waals surface area contributed by atoms with E-state index in [0.717, 1.165) is 23.4 Å². The van der Waals surface area contributed by atoms with Crippen LogP contribution in [0.25, 0.3) is 0 Å². The molecule has 0 saturated heterocycles. The number of carbonyl (C=O) groups is 1. The molecular weight excluding hydrogens is 270 g/mol. The Morgan fingerprint density at radius 1 is 1.44 bits per heavy atom. The highest BCUT2D eigenvalue weighted by molar-refractivity contribution is 9.10. The van der Waals surface area contributed by atoms with Gasteiger partial charge < -0.3 is 10.6 Å². The number of halogens is 1. The highest BCUT2D eigenvalue weighted by Crippen LogP contribution is 2.09. The summed E-state index contributed by atoms with van der Waals surface area (Å²) in [7, 11) is 0. The molecule has 16 heavy (non-hydrogen) atoms. The summed E-state index contributed by atoms with van der Waals surface area (Å²) in [5, 5.41) is 5.91. The van der Waals surface area contributed by atoms with Crippen LogP contribution in [0.4, 0.5) is 5.82 Å². The second-order valence-corrected chi connectivity index (χ2v) is 4.18. The average Bonchev–Trinajstić information content (AvgIpc) is 2.26. The minimum atomic E-state index is 0.0735. The molecule has 0 saturated carbocycles. The first-order valence-electron chi connectivity index (χ1n) is 5.35. The first-order chi connectivity index (χ1) is 7.72. The first-order valence-corrected chi connectivity index (χ1v) is 6.15. The topological polar surface area (TPSA) is 54.0 Å². The zero-order valence-electron chi connectivity index (χ0n) is 9.29. The van der Waals surface area contributed by atoms with Crippen LogP contribution in [0.15, 0.2) is 22.8 Å². The number of hydrogen-bond donors (Lipinski definition) is 2. The smallest absolute Gasteiger partial charge is 0.221 e. The summed E-state index contributed by atoms with van der Waals surface area (Å²) in [6.45, 7) is 3.37. The summed E-state index contributed by atoms with van der Waals surface area (Å²) in [6, 6.07) is 5.63. The number of hydrogen-bond acceptors (Lipinski definition) is 3. The van der Waals surface area contributed by atoms with Gasteiger partial charge in [0, 0.05) is 19.5 Å². The molecule has 4 nitrogen and oxygen atoms in total. The lowest BCUT2D eigenvalue weighted by molar-refractivity contribution is -0.120. The predicted octanol–water partition coefficient (Wildman–Crippen LogP) is 2.17. The zero-order valence-corrected chi connectivity index (χ0v) is 10.9. The lowest BCUT2D eigenvalue weighted by Crippen LogP contribution is -2.25. The van der Waals surface area contributed by atoms with Gasteiger partial charge in [0.2, 0.25) is 5.91 Å². The molecule has 0 unspecified atom stereocenters. The summed E-state index contributed by atoms with van der Waals surface area (Å²) >= 11 is 3.29. The molecule has 1 heterocycles. The minimum absolute atomic E-state index is 0.0735. The van der Waals surface area contributed by atoms with Gasteiger partial charge in [0.1, 0.15) is 10.4 Å². The molecule has 0 aliphatic carbocycles. The van der Waals surface area contributed by atoms with Crippen LogP contribution in [0.3, 0.4) is 0 Å². The van der Waals surface area contributed by atoms with E-state index in [-0.39, 0.29) is 5.91 Å². The lowest BCUT2D eigenvalue weighted by Gasteiger charge is -2.06. The van der Waals surface area contributed by atoms with Crippen LogP contribution >= 0.6 is 15.9 Å². The molecule has 1 aromatic heterocycles. The molecule has 2 N–H and O–H groups in total. The van der Waals surface area contributed by atoms with Crippen LogP contribution in [-0.4, -0.2) is 24.0 Å². The highest BCUT2D eigenvalue weighted by atomic mass is 79.9. The Morgan fingerprint density at radius 2 is 2.25 bits per heavy atom. The number of rotatable bonds is 6. The van der Waals surface area contributed by atoms with E-state index in [0.29, 0.717) is 13.0 Å². The van der Waals surface area contributed by atoms with Crippen molar-refractivity contribution < 1.29 is 4.79 Å². The Kier molecular flexibility index (Phi) is 5.85.